The Bertz CT molecular complexity index is 638. The number of morpholine rings is 1. The highest BCUT2D eigenvalue weighted by Crippen LogP contribution is 2.38. The summed E-state index contributed by atoms with van der Waals surface area (Å²) in [5, 5.41) is 18.7. The smallest absolute Gasteiger partial charge is 0.323 e. The molecule has 2 aromatic rings. The van der Waals surface area contributed by atoms with Crippen LogP contribution < -0.4 is 4.90 Å². The van der Waals surface area contributed by atoms with Crippen LogP contribution in [0.1, 0.15) is 0 Å². The van der Waals surface area contributed by atoms with Crippen LogP contribution in [0.5, 0.6) is 0 Å². The number of halogens is 1. The molecule has 1 aliphatic rings. The number of nitrogens with zero attached hydrogens (tertiary/aromatic N) is 4. The summed E-state index contributed by atoms with van der Waals surface area (Å²) < 4.78 is 9.78. The molecule has 3 rings (SSSR count). The fourth-order valence-corrected chi connectivity index (χ4v) is 2.33. The zero-order valence-electron chi connectivity index (χ0n) is 9.71. The van der Waals surface area contributed by atoms with Crippen LogP contribution in [0.3, 0.4) is 0 Å². The average molecular weight is 285 g/mol. The van der Waals surface area contributed by atoms with Crippen molar-refractivity contribution in [3.05, 3.63) is 21.2 Å². The second-order valence-corrected chi connectivity index (χ2v) is 4.45. The third kappa shape index (κ3) is 1.98. The van der Waals surface area contributed by atoms with Crippen LogP contribution in [0.4, 0.5) is 11.4 Å². The fourth-order valence-electron chi connectivity index (χ4n) is 2.10. The predicted molar refractivity (Wildman–Crippen MR) is 66.5 cm³/mol. The van der Waals surface area contributed by atoms with Gasteiger partial charge in [0.1, 0.15) is 5.69 Å². The van der Waals surface area contributed by atoms with Gasteiger partial charge in [-0.3, -0.25) is 10.1 Å². The molecule has 9 heteroatoms. The first-order chi connectivity index (χ1) is 9.18. The first-order valence-corrected chi connectivity index (χ1v) is 5.98. The molecule has 1 aromatic heterocycles. The van der Waals surface area contributed by atoms with E-state index in [4.69, 9.17) is 16.3 Å². The van der Waals surface area contributed by atoms with Gasteiger partial charge in [0.05, 0.1) is 23.2 Å². The van der Waals surface area contributed by atoms with Gasteiger partial charge in [-0.1, -0.05) is 11.6 Å². The highest BCUT2D eigenvalue weighted by Gasteiger charge is 2.29. The minimum absolute atomic E-state index is 0.0685. The number of benzene rings is 1. The Hall–Kier alpha value is -1.93. The summed E-state index contributed by atoms with van der Waals surface area (Å²) in [5.41, 5.74) is 0.549. The molecule has 100 valence electrons. The molecule has 0 bridgehead atoms. The van der Waals surface area contributed by atoms with E-state index in [-0.39, 0.29) is 21.7 Å². The third-order valence-corrected chi connectivity index (χ3v) is 3.27. The molecule has 0 saturated carbocycles. The Morgan fingerprint density at radius 1 is 1.32 bits per heavy atom. The number of ether oxygens (including phenoxy) is 1. The number of hydrogen-bond donors (Lipinski definition) is 0. The molecule has 1 aromatic carbocycles. The maximum Gasteiger partial charge on any atom is 0.323 e. The number of nitro groups is 1. The lowest BCUT2D eigenvalue weighted by atomic mass is 10.2. The zero-order chi connectivity index (χ0) is 13.4. The lowest BCUT2D eigenvalue weighted by molar-refractivity contribution is -0.382. The SMILES string of the molecule is O=[N+]([O-])c1c(N2CCOCC2)cc(Cl)c2nonc12. The molecular formula is C10H9ClN4O4. The van der Waals surface area contributed by atoms with Crippen LogP contribution in [-0.4, -0.2) is 41.5 Å². The standard InChI is InChI=1S/C10H9ClN4O4/c11-6-5-7(14-1-3-18-4-2-14)10(15(16)17)9-8(6)12-19-13-9/h5H,1-4H2. The predicted octanol–water partition coefficient (Wildman–Crippen LogP) is 1.62. The Labute approximate surface area is 112 Å². The summed E-state index contributed by atoms with van der Waals surface area (Å²) in [6, 6.07) is 1.53. The van der Waals surface area contributed by atoms with Crippen molar-refractivity contribution >= 4 is 34.0 Å². The van der Waals surface area contributed by atoms with Gasteiger partial charge in [0, 0.05) is 13.1 Å². The van der Waals surface area contributed by atoms with Crippen LogP contribution >= 0.6 is 11.6 Å². The Balaban J connectivity index is 2.21. The van der Waals surface area contributed by atoms with E-state index in [0.29, 0.717) is 32.0 Å². The number of aromatic nitrogens is 2. The Morgan fingerprint density at radius 2 is 2.00 bits per heavy atom. The van der Waals surface area contributed by atoms with E-state index >= 15 is 0 Å². The lowest BCUT2D eigenvalue weighted by Crippen LogP contribution is -2.36. The van der Waals surface area contributed by atoms with E-state index in [2.05, 4.69) is 14.9 Å². The molecule has 0 spiro atoms. The van der Waals surface area contributed by atoms with Crippen molar-refractivity contribution < 1.29 is 14.3 Å². The number of hydrogen-bond acceptors (Lipinski definition) is 7. The van der Waals surface area contributed by atoms with E-state index < -0.39 is 4.92 Å². The highest BCUT2D eigenvalue weighted by molar-refractivity contribution is 6.35. The Morgan fingerprint density at radius 3 is 2.68 bits per heavy atom. The van der Waals surface area contributed by atoms with Crippen molar-refractivity contribution in [3.63, 3.8) is 0 Å². The van der Waals surface area contributed by atoms with Crippen molar-refractivity contribution in [2.45, 2.75) is 0 Å². The first kappa shape index (κ1) is 12.1. The maximum atomic E-state index is 11.3. The van der Waals surface area contributed by atoms with Crippen molar-refractivity contribution in [2.75, 3.05) is 31.2 Å². The summed E-state index contributed by atoms with van der Waals surface area (Å²) in [6.07, 6.45) is 0. The Kier molecular flexibility index (Phi) is 2.96. The van der Waals surface area contributed by atoms with Gasteiger partial charge in [-0.15, -0.1) is 0 Å². The van der Waals surface area contributed by atoms with Crippen molar-refractivity contribution in [1.82, 2.24) is 10.3 Å². The first-order valence-electron chi connectivity index (χ1n) is 5.60. The summed E-state index contributed by atoms with van der Waals surface area (Å²) in [5.74, 6) is 0. The summed E-state index contributed by atoms with van der Waals surface area (Å²) >= 11 is 6.06. The lowest BCUT2D eigenvalue weighted by Gasteiger charge is -2.28. The molecule has 8 nitrogen and oxygen atoms in total. The monoisotopic (exact) mass is 284 g/mol. The van der Waals surface area contributed by atoms with Gasteiger partial charge in [-0.2, -0.15) is 0 Å². The van der Waals surface area contributed by atoms with Gasteiger partial charge in [0.25, 0.3) is 0 Å². The number of fused-ring (bicyclic) bond motifs is 1. The van der Waals surface area contributed by atoms with Gasteiger partial charge in [-0.25, -0.2) is 4.63 Å². The number of nitro benzene ring substituents is 1. The van der Waals surface area contributed by atoms with Crippen LogP contribution in [0, 0.1) is 10.1 Å². The van der Waals surface area contributed by atoms with Gasteiger partial charge < -0.3 is 9.64 Å². The quantitative estimate of drug-likeness (QED) is 0.611. The van der Waals surface area contributed by atoms with Crippen LogP contribution in [0.25, 0.3) is 11.0 Å². The van der Waals surface area contributed by atoms with Crippen LogP contribution in [-0.2, 0) is 4.74 Å². The number of rotatable bonds is 2. The van der Waals surface area contributed by atoms with Crippen molar-refractivity contribution in [1.29, 1.82) is 0 Å². The van der Waals surface area contributed by atoms with E-state index in [1.54, 1.807) is 0 Å². The van der Waals surface area contributed by atoms with Crippen molar-refractivity contribution in [2.24, 2.45) is 0 Å². The van der Waals surface area contributed by atoms with Crippen molar-refractivity contribution in [3.8, 4) is 0 Å². The molecule has 0 amide bonds. The largest absolute Gasteiger partial charge is 0.378 e. The van der Waals surface area contributed by atoms with Gasteiger partial charge in [-0.05, 0) is 16.4 Å². The summed E-state index contributed by atoms with van der Waals surface area (Å²) in [7, 11) is 0. The molecule has 0 radical (unpaired) electrons. The van der Waals surface area contributed by atoms with Gasteiger partial charge >= 0.3 is 5.69 Å². The highest BCUT2D eigenvalue weighted by atomic mass is 35.5. The molecule has 0 aliphatic carbocycles. The topological polar surface area (TPSA) is 94.5 Å². The molecular weight excluding hydrogens is 276 g/mol. The van der Waals surface area contributed by atoms with Gasteiger partial charge in [0.2, 0.25) is 5.52 Å². The van der Waals surface area contributed by atoms with Crippen LogP contribution in [0.15, 0.2) is 10.7 Å². The van der Waals surface area contributed by atoms with E-state index in [9.17, 15) is 10.1 Å². The molecule has 2 heterocycles. The zero-order valence-corrected chi connectivity index (χ0v) is 10.5. The average Bonchev–Trinajstić information content (AvgIpc) is 2.88. The summed E-state index contributed by atoms with van der Waals surface area (Å²) in [4.78, 5) is 12.6. The maximum absolute atomic E-state index is 11.3. The van der Waals surface area contributed by atoms with E-state index in [1.807, 2.05) is 4.90 Å². The minimum Gasteiger partial charge on any atom is -0.378 e. The second kappa shape index (κ2) is 4.63. The molecule has 0 unspecified atom stereocenters. The molecule has 1 fully saturated rings. The molecule has 1 saturated heterocycles. The van der Waals surface area contributed by atoms with E-state index in [0.717, 1.165) is 0 Å². The fraction of sp³-hybridized carbons (Fsp3) is 0.400. The molecule has 19 heavy (non-hydrogen) atoms. The summed E-state index contributed by atoms with van der Waals surface area (Å²) in [6.45, 7) is 2.16. The molecule has 1 aliphatic heterocycles. The second-order valence-electron chi connectivity index (χ2n) is 4.04. The van der Waals surface area contributed by atoms with Crippen LogP contribution in [0.2, 0.25) is 5.02 Å². The molecule has 0 atom stereocenters. The molecule has 0 N–H and O–H groups in total. The number of anilines is 1. The third-order valence-electron chi connectivity index (χ3n) is 2.98. The van der Waals surface area contributed by atoms with E-state index in [1.165, 1.54) is 6.07 Å². The normalized spacial score (nSPS) is 15.9. The van der Waals surface area contributed by atoms with Gasteiger partial charge in [0.15, 0.2) is 5.52 Å². The minimum atomic E-state index is -0.492.